The third kappa shape index (κ3) is 5.89. The van der Waals surface area contributed by atoms with E-state index in [9.17, 15) is 9.59 Å². The lowest BCUT2D eigenvalue weighted by atomic mass is 10.1. The number of aryl methyl sites for hydroxylation is 2. The molecule has 6 nitrogen and oxygen atoms in total. The normalized spacial score (nSPS) is 18.9. The highest BCUT2D eigenvalue weighted by Crippen LogP contribution is 2.17. The Morgan fingerprint density at radius 2 is 1.21 bits per heavy atom. The van der Waals surface area contributed by atoms with Crippen LogP contribution in [0.1, 0.15) is 16.7 Å². The topological polar surface area (TPSA) is 67.1 Å². The highest BCUT2D eigenvalue weighted by atomic mass is 16.2. The summed E-state index contributed by atoms with van der Waals surface area (Å²) in [7, 11) is 0. The standard InChI is InChI=1S/C23H30N4O2/c1-17-8-6-10-21(19(17)3)25-23(29)16-27-13-11-26(12-14-27)15-22(28)24-20-9-5-4-7-18(20)2/h4-10H,11-16H2,1-3H3,(H,24,28)(H,25,29)/p+2. The van der Waals surface area contributed by atoms with Crippen LogP contribution in [0, 0.1) is 20.8 Å². The minimum absolute atomic E-state index is 0.0467. The van der Waals surface area contributed by atoms with Crippen LogP contribution in [-0.4, -0.2) is 51.1 Å². The zero-order valence-corrected chi connectivity index (χ0v) is 17.6. The molecule has 0 aromatic heterocycles. The van der Waals surface area contributed by atoms with E-state index in [0.717, 1.165) is 48.7 Å². The van der Waals surface area contributed by atoms with Crippen LogP contribution in [0.15, 0.2) is 42.5 Å². The molecular formula is C23H32N4O2+2. The summed E-state index contributed by atoms with van der Waals surface area (Å²) in [6.07, 6.45) is 0. The number of hydrogen-bond acceptors (Lipinski definition) is 2. The number of anilines is 2. The largest absolute Gasteiger partial charge is 0.321 e. The van der Waals surface area contributed by atoms with Gasteiger partial charge in [-0.3, -0.25) is 9.59 Å². The van der Waals surface area contributed by atoms with E-state index in [0.29, 0.717) is 13.1 Å². The van der Waals surface area contributed by atoms with Gasteiger partial charge < -0.3 is 20.4 Å². The maximum atomic E-state index is 12.4. The lowest BCUT2D eigenvalue weighted by Gasteiger charge is -2.29. The minimum atomic E-state index is 0.0467. The summed E-state index contributed by atoms with van der Waals surface area (Å²) in [5, 5.41) is 6.05. The molecule has 2 aromatic carbocycles. The maximum Gasteiger partial charge on any atom is 0.279 e. The zero-order valence-electron chi connectivity index (χ0n) is 17.6. The summed E-state index contributed by atoms with van der Waals surface area (Å²) in [6, 6.07) is 13.8. The number of carbonyl (C=O) groups is 2. The van der Waals surface area contributed by atoms with E-state index in [-0.39, 0.29) is 11.8 Å². The van der Waals surface area contributed by atoms with E-state index < -0.39 is 0 Å². The third-order valence-corrected chi connectivity index (χ3v) is 5.78. The molecule has 154 valence electrons. The Kier molecular flexibility index (Phi) is 7.01. The number of carbonyl (C=O) groups excluding carboxylic acids is 2. The Labute approximate surface area is 172 Å². The molecule has 0 radical (unpaired) electrons. The highest BCUT2D eigenvalue weighted by molar-refractivity contribution is 5.92. The first kappa shape index (κ1) is 21.0. The molecule has 1 heterocycles. The molecule has 1 aliphatic rings. The van der Waals surface area contributed by atoms with Crippen LogP contribution in [0.5, 0.6) is 0 Å². The van der Waals surface area contributed by atoms with Crippen molar-refractivity contribution in [3.63, 3.8) is 0 Å². The first-order valence-corrected chi connectivity index (χ1v) is 10.3. The number of amides is 2. The fraction of sp³-hybridized carbons (Fsp3) is 0.391. The summed E-state index contributed by atoms with van der Waals surface area (Å²) in [5.41, 5.74) is 5.14. The summed E-state index contributed by atoms with van der Waals surface area (Å²) in [4.78, 5) is 27.3. The fourth-order valence-corrected chi connectivity index (χ4v) is 3.75. The number of piperazine rings is 1. The van der Waals surface area contributed by atoms with E-state index in [1.54, 1.807) is 0 Å². The molecule has 1 aliphatic heterocycles. The molecule has 0 atom stereocenters. The molecule has 0 spiro atoms. The SMILES string of the molecule is Cc1ccccc1NC(=O)C[NH+]1CC[NH+](CC(=O)Nc2cccc(C)c2C)CC1. The second-order valence-electron chi connectivity index (χ2n) is 8.01. The van der Waals surface area contributed by atoms with E-state index >= 15 is 0 Å². The summed E-state index contributed by atoms with van der Waals surface area (Å²) < 4.78 is 0. The van der Waals surface area contributed by atoms with Crippen molar-refractivity contribution < 1.29 is 19.4 Å². The summed E-state index contributed by atoms with van der Waals surface area (Å²) >= 11 is 0. The fourth-order valence-electron chi connectivity index (χ4n) is 3.75. The number of para-hydroxylation sites is 1. The molecule has 0 bridgehead atoms. The van der Waals surface area contributed by atoms with Crippen LogP contribution < -0.4 is 20.4 Å². The first-order valence-electron chi connectivity index (χ1n) is 10.3. The molecule has 1 fully saturated rings. The summed E-state index contributed by atoms with van der Waals surface area (Å²) in [5.74, 6) is 0.0971. The average molecular weight is 397 g/mol. The van der Waals surface area contributed by atoms with Gasteiger partial charge in [0.05, 0.1) is 0 Å². The van der Waals surface area contributed by atoms with Gasteiger partial charge in [-0.2, -0.15) is 0 Å². The van der Waals surface area contributed by atoms with Crippen LogP contribution in [0.2, 0.25) is 0 Å². The van der Waals surface area contributed by atoms with Gasteiger partial charge in [-0.25, -0.2) is 0 Å². The minimum Gasteiger partial charge on any atom is -0.321 e. The Balaban J connectivity index is 1.42. The Hall–Kier alpha value is -2.70. The van der Waals surface area contributed by atoms with Gasteiger partial charge >= 0.3 is 0 Å². The van der Waals surface area contributed by atoms with Crippen molar-refractivity contribution in [1.82, 2.24) is 0 Å². The molecule has 0 unspecified atom stereocenters. The number of quaternary nitrogens is 2. The van der Waals surface area contributed by atoms with Crippen LogP contribution in [0.3, 0.4) is 0 Å². The number of rotatable bonds is 6. The van der Waals surface area contributed by atoms with Crippen molar-refractivity contribution in [3.8, 4) is 0 Å². The lowest BCUT2D eigenvalue weighted by molar-refractivity contribution is -1.00. The molecule has 3 rings (SSSR count). The maximum absolute atomic E-state index is 12.4. The molecule has 0 saturated carbocycles. The third-order valence-electron chi connectivity index (χ3n) is 5.78. The van der Waals surface area contributed by atoms with Gasteiger partial charge in [0.15, 0.2) is 13.1 Å². The number of hydrogen-bond donors (Lipinski definition) is 4. The van der Waals surface area contributed by atoms with Gasteiger partial charge in [-0.05, 0) is 49.6 Å². The average Bonchev–Trinajstić information content (AvgIpc) is 2.69. The van der Waals surface area contributed by atoms with Crippen molar-refractivity contribution in [2.45, 2.75) is 20.8 Å². The molecule has 4 N–H and O–H groups in total. The van der Waals surface area contributed by atoms with Gasteiger partial charge in [0.1, 0.15) is 26.2 Å². The Bertz CT molecular complexity index is 873. The van der Waals surface area contributed by atoms with Gasteiger partial charge in [0.25, 0.3) is 11.8 Å². The Morgan fingerprint density at radius 1 is 0.724 bits per heavy atom. The molecule has 6 heteroatoms. The molecular weight excluding hydrogens is 364 g/mol. The highest BCUT2D eigenvalue weighted by Gasteiger charge is 2.26. The molecule has 2 aromatic rings. The van der Waals surface area contributed by atoms with Crippen molar-refractivity contribution in [2.75, 3.05) is 49.9 Å². The van der Waals surface area contributed by atoms with Crippen LogP contribution in [0.25, 0.3) is 0 Å². The van der Waals surface area contributed by atoms with Gasteiger partial charge in [0.2, 0.25) is 0 Å². The van der Waals surface area contributed by atoms with Gasteiger partial charge in [-0.15, -0.1) is 0 Å². The molecule has 29 heavy (non-hydrogen) atoms. The quantitative estimate of drug-likeness (QED) is 0.554. The predicted octanol–water partition coefficient (Wildman–Crippen LogP) is -0.0275. The van der Waals surface area contributed by atoms with Crippen molar-refractivity contribution >= 4 is 23.2 Å². The van der Waals surface area contributed by atoms with E-state index in [1.165, 1.54) is 15.4 Å². The number of benzene rings is 2. The van der Waals surface area contributed by atoms with Crippen LogP contribution >= 0.6 is 0 Å². The van der Waals surface area contributed by atoms with Gasteiger partial charge in [0, 0.05) is 11.4 Å². The van der Waals surface area contributed by atoms with Gasteiger partial charge in [-0.1, -0.05) is 30.3 Å². The monoisotopic (exact) mass is 396 g/mol. The van der Waals surface area contributed by atoms with E-state index in [4.69, 9.17) is 0 Å². The lowest BCUT2D eigenvalue weighted by Crippen LogP contribution is -3.28. The van der Waals surface area contributed by atoms with E-state index in [1.807, 2.05) is 63.2 Å². The number of nitrogens with one attached hydrogen (secondary N) is 4. The van der Waals surface area contributed by atoms with E-state index in [2.05, 4.69) is 10.6 Å². The second kappa shape index (κ2) is 9.67. The molecule has 0 aliphatic carbocycles. The second-order valence-corrected chi connectivity index (χ2v) is 8.01. The van der Waals surface area contributed by atoms with Crippen LogP contribution in [0.4, 0.5) is 11.4 Å². The van der Waals surface area contributed by atoms with Crippen LogP contribution in [-0.2, 0) is 9.59 Å². The smallest absolute Gasteiger partial charge is 0.279 e. The van der Waals surface area contributed by atoms with Crippen molar-refractivity contribution in [2.24, 2.45) is 0 Å². The molecule has 1 saturated heterocycles. The predicted molar refractivity (Wildman–Crippen MR) is 115 cm³/mol. The first-order chi connectivity index (χ1) is 13.9. The summed E-state index contributed by atoms with van der Waals surface area (Å²) in [6.45, 7) is 10.6. The van der Waals surface area contributed by atoms with Crippen molar-refractivity contribution in [1.29, 1.82) is 0 Å². The van der Waals surface area contributed by atoms with Crippen molar-refractivity contribution in [3.05, 3.63) is 59.2 Å². The molecule has 2 amide bonds. The zero-order chi connectivity index (χ0) is 20.8. The Morgan fingerprint density at radius 3 is 1.79 bits per heavy atom.